The Bertz CT molecular complexity index is 885. The summed E-state index contributed by atoms with van der Waals surface area (Å²) in [5.41, 5.74) is 1.04. The van der Waals surface area contributed by atoms with Crippen molar-refractivity contribution in [3.8, 4) is 11.5 Å². The van der Waals surface area contributed by atoms with Crippen molar-refractivity contribution < 1.29 is 22.6 Å². The molecule has 6 nitrogen and oxygen atoms in total. The number of anilines is 1. The maximum Gasteiger partial charge on any atom is 0.387 e. The van der Waals surface area contributed by atoms with Gasteiger partial charge in [-0.05, 0) is 30.7 Å². The van der Waals surface area contributed by atoms with Crippen LogP contribution in [0.25, 0.3) is 0 Å². The molecule has 31 heavy (non-hydrogen) atoms. The molecule has 1 unspecified atom stereocenters. The lowest BCUT2D eigenvalue weighted by Gasteiger charge is -2.22. The predicted molar refractivity (Wildman–Crippen MR) is 125 cm³/mol. The van der Waals surface area contributed by atoms with Crippen molar-refractivity contribution in [1.82, 2.24) is 10.6 Å². The molecule has 1 aliphatic rings. The van der Waals surface area contributed by atoms with Crippen LogP contribution in [0.15, 0.2) is 47.5 Å². The lowest BCUT2D eigenvalue weighted by Crippen LogP contribution is -2.44. The van der Waals surface area contributed by atoms with Crippen LogP contribution in [0.2, 0.25) is 0 Å². The maximum absolute atomic E-state index is 14.1. The van der Waals surface area contributed by atoms with Gasteiger partial charge < -0.3 is 25.0 Å². The monoisotopic (exact) mass is 550 g/mol. The van der Waals surface area contributed by atoms with Gasteiger partial charge in [0.1, 0.15) is 17.3 Å². The van der Waals surface area contributed by atoms with Crippen LogP contribution in [0.3, 0.4) is 0 Å². The molecular formula is C21H26F3IN4O2. The number of benzene rings is 2. The van der Waals surface area contributed by atoms with E-state index in [9.17, 15) is 13.2 Å². The highest BCUT2D eigenvalue weighted by molar-refractivity contribution is 14.0. The normalized spacial score (nSPS) is 16.1. The fourth-order valence-corrected chi connectivity index (χ4v) is 3.46. The van der Waals surface area contributed by atoms with Gasteiger partial charge in [-0.25, -0.2) is 4.39 Å². The highest BCUT2D eigenvalue weighted by Gasteiger charge is 2.25. The van der Waals surface area contributed by atoms with Crippen molar-refractivity contribution in [3.63, 3.8) is 0 Å². The number of hydrogen-bond donors (Lipinski definition) is 2. The van der Waals surface area contributed by atoms with Gasteiger partial charge in [0, 0.05) is 38.3 Å². The molecule has 0 saturated carbocycles. The molecule has 0 spiro atoms. The zero-order chi connectivity index (χ0) is 21.5. The number of methoxy groups -OCH3 is 1. The fraction of sp³-hybridized carbons (Fsp3) is 0.381. The minimum absolute atomic E-state index is 0. The van der Waals surface area contributed by atoms with Crippen molar-refractivity contribution >= 4 is 35.6 Å². The molecule has 1 fully saturated rings. The van der Waals surface area contributed by atoms with Crippen LogP contribution in [0.4, 0.5) is 18.9 Å². The number of para-hydroxylation sites is 2. The highest BCUT2D eigenvalue weighted by atomic mass is 127. The van der Waals surface area contributed by atoms with Gasteiger partial charge in [-0.15, -0.1) is 24.0 Å². The first kappa shape index (κ1) is 24.9. The van der Waals surface area contributed by atoms with Crippen LogP contribution < -0.4 is 25.0 Å². The number of aliphatic imine (C=N–C) groups is 1. The molecule has 2 aromatic carbocycles. The molecule has 2 aromatic rings. The minimum Gasteiger partial charge on any atom is -0.495 e. The van der Waals surface area contributed by atoms with Crippen molar-refractivity contribution in [1.29, 1.82) is 0 Å². The summed E-state index contributed by atoms with van der Waals surface area (Å²) >= 11 is 0. The van der Waals surface area contributed by atoms with Gasteiger partial charge in [-0.3, -0.25) is 4.99 Å². The van der Waals surface area contributed by atoms with Gasteiger partial charge >= 0.3 is 6.61 Å². The summed E-state index contributed by atoms with van der Waals surface area (Å²) in [5, 5.41) is 6.27. The van der Waals surface area contributed by atoms with Crippen LogP contribution in [0.1, 0.15) is 12.0 Å². The number of halogens is 4. The molecule has 1 saturated heterocycles. The first-order valence-electron chi connectivity index (χ1n) is 9.59. The number of rotatable bonds is 7. The molecular weight excluding hydrogens is 524 g/mol. The van der Waals surface area contributed by atoms with Crippen molar-refractivity contribution in [2.45, 2.75) is 25.6 Å². The molecule has 1 aliphatic heterocycles. The first-order chi connectivity index (χ1) is 14.5. The Morgan fingerprint density at radius 3 is 2.65 bits per heavy atom. The summed E-state index contributed by atoms with van der Waals surface area (Å²) < 4.78 is 49.1. The van der Waals surface area contributed by atoms with E-state index in [1.165, 1.54) is 18.2 Å². The molecule has 170 valence electrons. The topological polar surface area (TPSA) is 58.1 Å². The second kappa shape index (κ2) is 11.9. The van der Waals surface area contributed by atoms with Crippen LogP contribution in [-0.4, -0.2) is 45.9 Å². The zero-order valence-corrected chi connectivity index (χ0v) is 19.6. The third-order valence-electron chi connectivity index (χ3n) is 4.90. The van der Waals surface area contributed by atoms with Crippen molar-refractivity contribution in [2.75, 3.05) is 32.1 Å². The quantitative estimate of drug-likeness (QED) is 0.310. The zero-order valence-electron chi connectivity index (χ0n) is 17.3. The van der Waals surface area contributed by atoms with E-state index < -0.39 is 12.4 Å². The molecule has 1 heterocycles. The predicted octanol–water partition coefficient (Wildman–Crippen LogP) is 4.00. The summed E-state index contributed by atoms with van der Waals surface area (Å²) in [6.07, 6.45) is 0.873. The Morgan fingerprint density at radius 2 is 1.94 bits per heavy atom. The number of alkyl halides is 2. The summed E-state index contributed by atoms with van der Waals surface area (Å²) in [7, 11) is 3.24. The summed E-state index contributed by atoms with van der Waals surface area (Å²) in [6, 6.07) is 11.8. The molecule has 0 aromatic heterocycles. The molecule has 10 heteroatoms. The minimum atomic E-state index is -3.03. The molecule has 3 rings (SSSR count). The van der Waals surface area contributed by atoms with Gasteiger partial charge in [0.05, 0.1) is 12.8 Å². The Kier molecular flexibility index (Phi) is 9.53. The van der Waals surface area contributed by atoms with Crippen molar-refractivity contribution in [3.05, 3.63) is 53.8 Å². The number of hydrogen-bond acceptors (Lipinski definition) is 4. The lowest BCUT2D eigenvalue weighted by atomic mass is 10.2. The lowest BCUT2D eigenvalue weighted by molar-refractivity contribution is -0.0506. The summed E-state index contributed by atoms with van der Waals surface area (Å²) in [5.74, 6) is 0.440. The van der Waals surface area contributed by atoms with E-state index in [1.807, 2.05) is 24.3 Å². The third-order valence-corrected chi connectivity index (χ3v) is 4.90. The van der Waals surface area contributed by atoms with Gasteiger partial charge in [0.15, 0.2) is 5.96 Å². The van der Waals surface area contributed by atoms with Gasteiger partial charge in [0.2, 0.25) is 0 Å². The van der Waals surface area contributed by atoms with Crippen LogP contribution >= 0.6 is 24.0 Å². The molecule has 2 N–H and O–H groups in total. The molecule has 0 aliphatic carbocycles. The van der Waals surface area contributed by atoms with E-state index in [0.29, 0.717) is 5.96 Å². The van der Waals surface area contributed by atoms with E-state index in [-0.39, 0.29) is 47.9 Å². The maximum atomic E-state index is 14.1. The second-order valence-corrected chi connectivity index (χ2v) is 6.77. The third kappa shape index (κ3) is 6.55. The largest absolute Gasteiger partial charge is 0.495 e. The first-order valence-corrected chi connectivity index (χ1v) is 9.59. The van der Waals surface area contributed by atoms with Gasteiger partial charge in [0.25, 0.3) is 0 Å². The average Bonchev–Trinajstić information content (AvgIpc) is 3.20. The Balaban J connectivity index is 0.00000341. The van der Waals surface area contributed by atoms with Gasteiger partial charge in [-0.1, -0.05) is 18.2 Å². The number of nitrogens with one attached hydrogen (secondary N) is 2. The molecule has 0 radical (unpaired) electrons. The van der Waals surface area contributed by atoms with E-state index in [0.717, 1.165) is 30.9 Å². The highest BCUT2D eigenvalue weighted by Crippen LogP contribution is 2.30. The average molecular weight is 550 g/mol. The van der Waals surface area contributed by atoms with E-state index in [2.05, 4.69) is 25.3 Å². The second-order valence-electron chi connectivity index (χ2n) is 6.77. The Hall–Kier alpha value is -2.37. The van der Waals surface area contributed by atoms with Crippen LogP contribution in [-0.2, 0) is 6.54 Å². The molecule has 0 amide bonds. The van der Waals surface area contributed by atoms with Crippen LogP contribution in [0.5, 0.6) is 11.5 Å². The fourth-order valence-electron chi connectivity index (χ4n) is 3.46. The number of guanidine groups is 1. The molecule has 0 bridgehead atoms. The van der Waals surface area contributed by atoms with Crippen molar-refractivity contribution in [2.24, 2.45) is 4.99 Å². The summed E-state index contributed by atoms with van der Waals surface area (Å²) in [4.78, 5) is 6.38. The smallest absolute Gasteiger partial charge is 0.387 e. The summed E-state index contributed by atoms with van der Waals surface area (Å²) in [6.45, 7) is -1.49. The Labute approximate surface area is 196 Å². The SMILES string of the molecule is CN=C(NCc1c(F)cccc1OC(F)F)NC1CCN(c2ccccc2OC)C1.I. The number of ether oxygens (including phenoxy) is 2. The Morgan fingerprint density at radius 1 is 1.19 bits per heavy atom. The van der Waals surface area contributed by atoms with E-state index >= 15 is 0 Å². The van der Waals surface area contributed by atoms with Gasteiger partial charge in [-0.2, -0.15) is 8.78 Å². The van der Waals surface area contributed by atoms with E-state index in [1.54, 1.807) is 14.2 Å². The van der Waals surface area contributed by atoms with E-state index in [4.69, 9.17) is 4.74 Å². The standard InChI is InChI=1S/C21H25F3N4O2.HI/c1-25-21(26-12-15-16(22)6-5-9-18(15)30-20(23)24)27-14-10-11-28(13-14)17-7-3-4-8-19(17)29-2;/h3-9,14,20H,10-13H2,1-2H3,(H2,25,26,27);1H. The van der Waals surface area contributed by atoms with Crippen LogP contribution in [0, 0.1) is 5.82 Å². The number of nitrogens with zero attached hydrogens (tertiary/aromatic N) is 2. The molecule has 1 atom stereocenters.